The van der Waals surface area contributed by atoms with Crippen molar-refractivity contribution in [3.8, 4) is 11.3 Å². The minimum absolute atomic E-state index is 0.102. The number of benzene rings is 1. The summed E-state index contributed by atoms with van der Waals surface area (Å²) in [7, 11) is 2.14. The number of aromatic nitrogens is 3. The Labute approximate surface area is 261 Å². The zero-order valence-electron chi connectivity index (χ0n) is 25.1. The Balaban J connectivity index is 1.08. The number of piperazine rings is 1. The minimum Gasteiger partial charge on any atom is -0.465 e. The molecule has 0 spiro atoms. The van der Waals surface area contributed by atoms with Gasteiger partial charge in [-0.2, -0.15) is 0 Å². The van der Waals surface area contributed by atoms with Crippen LogP contribution in [0.1, 0.15) is 41.0 Å². The molecule has 0 unspecified atom stereocenters. The molecule has 2 aliphatic rings. The number of nitrogens with zero attached hydrogens (tertiary/aromatic N) is 6. The molecule has 0 atom stereocenters. The molecule has 2 amide bonds. The van der Waals surface area contributed by atoms with Gasteiger partial charge in [0.1, 0.15) is 10.8 Å². The first-order valence-electron chi connectivity index (χ1n) is 15.4. The molecule has 1 aliphatic carbocycles. The highest BCUT2D eigenvalue weighted by atomic mass is 32.1. The van der Waals surface area contributed by atoms with Crippen molar-refractivity contribution in [3.63, 3.8) is 0 Å². The minimum atomic E-state index is -0.903. The van der Waals surface area contributed by atoms with Crippen LogP contribution in [0.25, 0.3) is 22.2 Å². The van der Waals surface area contributed by atoms with Gasteiger partial charge in [-0.1, -0.05) is 18.2 Å². The summed E-state index contributed by atoms with van der Waals surface area (Å²) in [6.45, 7) is 5.40. The van der Waals surface area contributed by atoms with Crippen molar-refractivity contribution in [2.75, 3.05) is 51.2 Å². The molecule has 11 heteroatoms. The second-order valence-electron chi connectivity index (χ2n) is 12.0. The van der Waals surface area contributed by atoms with E-state index < -0.39 is 6.09 Å². The van der Waals surface area contributed by atoms with Crippen LogP contribution in [0.15, 0.2) is 60.2 Å². The lowest BCUT2D eigenvalue weighted by Crippen LogP contribution is -2.44. The van der Waals surface area contributed by atoms with E-state index in [0.717, 1.165) is 84.8 Å². The maximum absolute atomic E-state index is 13.6. The number of carbonyl (C=O) groups excluding carboxylic acids is 1. The van der Waals surface area contributed by atoms with Crippen molar-refractivity contribution in [2.45, 2.75) is 32.2 Å². The van der Waals surface area contributed by atoms with E-state index in [0.29, 0.717) is 37.0 Å². The van der Waals surface area contributed by atoms with Crippen molar-refractivity contribution >= 4 is 40.1 Å². The fourth-order valence-electron chi connectivity index (χ4n) is 6.24. The zero-order valence-corrected chi connectivity index (χ0v) is 25.9. The maximum atomic E-state index is 13.6. The van der Waals surface area contributed by atoms with Crippen molar-refractivity contribution < 1.29 is 14.7 Å². The molecule has 230 valence electrons. The second-order valence-corrected chi connectivity index (χ2v) is 12.9. The standard InChI is InChI=1S/C33H39N7O3S/c1-38-13-15-39(16-14-38)30-11-10-25(20-35-30)29-18-27(26-4-2-3-5-28(26)37-29)32(41)36-19-23-6-8-24(9-7-23)21-40(33(42)43)22-31-34-12-17-44-31/h2-5,10-12,17-18,20,23-24H,6-9,13-16,19,21-22H2,1H3,(H,36,41)(H,42,43). The van der Waals surface area contributed by atoms with Gasteiger partial charge in [-0.15, -0.1) is 11.3 Å². The predicted molar refractivity (Wildman–Crippen MR) is 173 cm³/mol. The van der Waals surface area contributed by atoms with Crippen LogP contribution in [0.5, 0.6) is 0 Å². The van der Waals surface area contributed by atoms with E-state index in [1.807, 2.05) is 54.0 Å². The molecule has 4 aromatic rings. The molecule has 3 aromatic heterocycles. The number of likely N-dealkylation sites (N-methyl/N-ethyl adjacent to an activating group) is 1. The highest BCUT2D eigenvalue weighted by molar-refractivity contribution is 7.09. The van der Waals surface area contributed by atoms with Gasteiger partial charge in [-0.3, -0.25) is 4.79 Å². The largest absolute Gasteiger partial charge is 0.465 e. The van der Waals surface area contributed by atoms with Crippen LogP contribution < -0.4 is 10.2 Å². The van der Waals surface area contributed by atoms with Crippen LogP contribution >= 0.6 is 11.3 Å². The summed E-state index contributed by atoms with van der Waals surface area (Å²) in [5.41, 5.74) is 3.00. The highest BCUT2D eigenvalue weighted by Crippen LogP contribution is 2.30. The van der Waals surface area contributed by atoms with Gasteiger partial charge in [0.15, 0.2) is 0 Å². The summed E-state index contributed by atoms with van der Waals surface area (Å²) >= 11 is 1.48. The first-order valence-corrected chi connectivity index (χ1v) is 16.2. The molecule has 2 N–H and O–H groups in total. The number of hydrogen-bond acceptors (Lipinski definition) is 8. The summed E-state index contributed by atoms with van der Waals surface area (Å²) in [6, 6.07) is 13.7. The highest BCUT2D eigenvalue weighted by Gasteiger charge is 2.26. The molecule has 1 aliphatic heterocycles. The summed E-state index contributed by atoms with van der Waals surface area (Å²) < 4.78 is 0. The van der Waals surface area contributed by atoms with E-state index in [1.165, 1.54) is 16.2 Å². The SMILES string of the molecule is CN1CCN(c2ccc(-c3cc(C(=O)NCC4CCC(CN(Cc5nccs5)C(=O)O)CC4)c4ccccc4n3)cn2)CC1. The molecular weight excluding hydrogens is 574 g/mol. The molecule has 2 fully saturated rings. The Hall–Kier alpha value is -4.09. The molecule has 6 rings (SSSR count). The predicted octanol–water partition coefficient (Wildman–Crippen LogP) is 5.22. The number of para-hydroxylation sites is 1. The topological polar surface area (TPSA) is 115 Å². The van der Waals surface area contributed by atoms with Gasteiger partial charge in [0.25, 0.3) is 5.91 Å². The molecule has 10 nitrogen and oxygen atoms in total. The van der Waals surface area contributed by atoms with E-state index in [9.17, 15) is 14.7 Å². The van der Waals surface area contributed by atoms with Crippen LogP contribution in [0.3, 0.4) is 0 Å². The Kier molecular flexibility index (Phi) is 9.32. The van der Waals surface area contributed by atoms with Crippen LogP contribution in [0, 0.1) is 11.8 Å². The molecule has 0 bridgehead atoms. The van der Waals surface area contributed by atoms with Crippen molar-refractivity contribution in [1.29, 1.82) is 0 Å². The van der Waals surface area contributed by atoms with E-state index in [1.54, 1.807) is 6.20 Å². The number of fused-ring (bicyclic) bond motifs is 1. The Bertz CT molecular complexity index is 1560. The fraction of sp³-hybridized carbons (Fsp3) is 0.424. The van der Waals surface area contributed by atoms with Crippen LogP contribution in [-0.4, -0.2) is 88.2 Å². The number of rotatable bonds is 9. The lowest BCUT2D eigenvalue weighted by atomic mass is 9.81. The number of pyridine rings is 2. The molecule has 1 saturated heterocycles. The molecule has 0 radical (unpaired) electrons. The smallest absolute Gasteiger partial charge is 0.407 e. The van der Waals surface area contributed by atoms with Crippen LogP contribution in [0.4, 0.5) is 10.6 Å². The fourth-order valence-corrected chi connectivity index (χ4v) is 6.87. The lowest BCUT2D eigenvalue weighted by Gasteiger charge is -2.33. The number of anilines is 1. The molecule has 4 heterocycles. The summed E-state index contributed by atoms with van der Waals surface area (Å²) in [4.78, 5) is 45.3. The summed E-state index contributed by atoms with van der Waals surface area (Å²) in [5, 5.41) is 16.4. The monoisotopic (exact) mass is 613 g/mol. The van der Waals surface area contributed by atoms with Gasteiger partial charge < -0.3 is 25.1 Å². The Morgan fingerprint density at radius 3 is 2.50 bits per heavy atom. The number of amides is 2. The third-order valence-electron chi connectivity index (χ3n) is 8.91. The number of carboxylic acid groups (broad SMARTS) is 1. The number of thiazole rings is 1. The number of hydrogen-bond donors (Lipinski definition) is 2. The quantitative estimate of drug-likeness (QED) is 0.264. The zero-order chi connectivity index (χ0) is 30.5. The molecule has 1 saturated carbocycles. The average Bonchev–Trinajstić information content (AvgIpc) is 3.57. The van der Waals surface area contributed by atoms with Crippen LogP contribution in [0.2, 0.25) is 0 Å². The van der Waals surface area contributed by atoms with Gasteiger partial charge in [-0.05, 0) is 68.8 Å². The van der Waals surface area contributed by atoms with Gasteiger partial charge in [0.05, 0.1) is 23.3 Å². The third kappa shape index (κ3) is 7.16. The first kappa shape index (κ1) is 30.0. The van der Waals surface area contributed by atoms with Gasteiger partial charge in [0.2, 0.25) is 0 Å². The first-order chi connectivity index (χ1) is 21.4. The Morgan fingerprint density at radius 2 is 1.80 bits per heavy atom. The van der Waals surface area contributed by atoms with Crippen molar-refractivity contribution in [3.05, 3.63) is 70.8 Å². The summed E-state index contributed by atoms with van der Waals surface area (Å²) in [6.07, 6.45) is 6.47. The van der Waals surface area contributed by atoms with E-state index in [-0.39, 0.29) is 5.91 Å². The second kappa shape index (κ2) is 13.7. The normalized spacial score (nSPS) is 19.2. The van der Waals surface area contributed by atoms with Gasteiger partial charge in [-0.25, -0.2) is 19.7 Å². The summed E-state index contributed by atoms with van der Waals surface area (Å²) in [5.74, 6) is 1.55. The maximum Gasteiger partial charge on any atom is 0.407 e. The lowest BCUT2D eigenvalue weighted by molar-refractivity contribution is 0.0937. The molecular formula is C33H39N7O3S. The average molecular weight is 614 g/mol. The van der Waals surface area contributed by atoms with Gasteiger partial charge >= 0.3 is 6.09 Å². The van der Waals surface area contributed by atoms with Crippen molar-refractivity contribution in [1.82, 2.24) is 30.1 Å². The number of nitrogens with one attached hydrogen (secondary N) is 1. The Morgan fingerprint density at radius 1 is 1.02 bits per heavy atom. The van der Waals surface area contributed by atoms with E-state index >= 15 is 0 Å². The molecule has 44 heavy (non-hydrogen) atoms. The van der Waals surface area contributed by atoms with Crippen LogP contribution in [-0.2, 0) is 6.54 Å². The third-order valence-corrected chi connectivity index (χ3v) is 9.67. The van der Waals surface area contributed by atoms with E-state index in [4.69, 9.17) is 9.97 Å². The van der Waals surface area contributed by atoms with Crippen molar-refractivity contribution in [2.24, 2.45) is 11.8 Å². The molecule has 1 aromatic carbocycles. The number of carbonyl (C=O) groups is 2. The van der Waals surface area contributed by atoms with Gasteiger partial charge in [0, 0.05) is 68.0 Å². The van der Waals surface area contributed by atoms with E-state index in [2.05, 4.69) is 27.1 Å².